The molecule has 0 aromatic heterocycles. The zero-order valence-corrected chi connectivity index (χ0v) is 4.65. The van der Waals surface area contributed by atoms with Crippen molar-refractivity contribution in [3.63, 3.8) is 0 Å². The van der Waals surface area contributed by atoms with Gasteiger partial charge in [-0.05, 0) is 0 Å². The Morgan fingerprint density at radius 2 is 2.25 bits per heavy atom. The summed E-state index contributed by atoms with van der Waals surface area (Å²) in [6.45, 7) is 0. The minimum absolute atomic E-state index is 0.764. The van der Waals surface area contributed by atoms with Crippen LogP contribution in [-0.4, -0.2) is 27.9 Å². The van der Waals surface area contributed by atoms with Crippen molar-refractivity contribution in [2.45, 2.75) is 3.67 Å². The van der Waals surface area contributed by atoms with Crippen LogP contribution in [0.4, 0.5) is 0 Å². The third kappa shape index (κ3) is 2.49. The van der Waals surface area contributed by atoms with E-state index in [0.717, 1.165) is 31.6 Å². The molecule has 0 amide bonds. The van der Waals surface area contributed by atoms with Crippen LogP contribution >= 0.6 is 0 Å². The van der Waals surface area contributed by atoms with E-state index in [9.17, 15) is 0 Å². The molecule has 0 aromatic rings. The molecular formula is C2H2NNa. The minimum atomic E-state index is 0.764. The summed E-state index contributed by atoms with van der Waals surface area (Å²) < 4.78 is 0.764. The van der Waals surface area contributed by atoms with Crippen molar-refractivity contribution < 1.29 is 0 Å². The van der Waals surface area contributed by atoms with E-state index in [4.69, 9.17) is 5.26 Å². The number of nitriles is 1. The number of hydrogen-bond donors (Lipinski definition) is 0. The van der Waals surface area contributed by atoms with Crippen LogP contribution < -0.4 is 0 Å². The van der Waals surface area contributed by atoms with Gasteiger partial charge in [-0.25, -0.2) is 0 Å². The summed E-state index contributed by atoms with van der Waals surface area (Å²) >= 11 is 1.03. The fourth-order valence-electron chi connectivity index (χ4n) is 0. The van der Waals surface area contributed by atoms with E-state index in [1.165, 1.54) is 0 Å². The van der Waals surface area contributed by atoms with E-state index in [1.807, 2.05) is 6.07 Å². The summed E-state index contributed by atoms with van der Waals surface area (Å²) in [4.78, 5) is 0. The predicted octanol–water partition coefficient (Wildman–Crippen LogP) is 0.0968. The van der Waals surface area contributed by atoms with Gasteiger partial charge in [0.2, 0.25) is 0 Å². The van der Waals surface area contributed by atoms with Crippen molar-refractivity contribution in [1.82, 2.24) is 0 Å². The van der Waals surface area contributed by atoms with Crippen molar-refractivity contribution in [1.29, 1.82) is 5.26 Å². The van der Waals surface area contributed by atoms with Crippen LogP contribution in [0.3, 0.4) is 0 Å². The van der Waals surface area contributed by atoms with E-state index in [0.29, 0.717) is 0 Å². The number of hydrogen-bond acceptors (Lipinski definition) is 1. The molecule has 0 atom stereocenters. The Bertz CT molecular complexity index is 35.8. The second-order valence-electron chi connectivity index (χ2n) is 0.512. The van der Waals surface area contributed by atoms with Gasteiger partial charge in [0.1, 0.15) is 0 Å². The van der Waals surface area contributed by atoms with Crippen molar-refractivity contribution in [3.05, 3.63) is 0 Å². The average molecular weight is 63.0 g/mol. The molecule has 0 aromatic carbocycles. The van der Waals surface area contributed by atoms with Gasteiger partial charge in [-0.3, -0.25) is 0 Å². The maximum atomic E-state index is 7.66. The SMILES string of the molecule is N#C[CH2][Na]. The van der Waals surface area contributed by atoms with Gasteiger partial charge in [0, 0.05) is 0 Å². The molecule has 0 aliphatic rings. The van der Waals surface area contributed by atoms with Gasteiger partial charge in [-0.2, -0.15) is 0 Å². The van der Waals surface area contributed by atoms with Crippen LogP contribution in [0.25, 0.3) is 0 Å². The van der Waals surface area contributed by atoms with Crippen molar-refractivity contribution >= 4 is 27.9 Å². The zero-order valence-electron chi connectivity index (χ0n) is 2.65. The summed E-state index contributed by atoms with van der Waals surface area (Å²) in [5, 5.41) is 7.66. The van der Waals surface area contributed by atoms with Gasteiger partial charge in [-0.15, -0.1) is 0 Å². The summed E-state index contributed by atoms with van der Waals surface area (Å²) in [7, 11) is 0. The Hall–Kier alpha value is 0.490. The Labute approximate surface area is 43.0 Å². The Kier molecular flexibility index (Phi) is 3.92. The normalized spacial score (nSPS) is 5.25. The van der Waals surface area contributed by atoms with Gasteiger partial charge >= 0.3 is 42.9 Å². The molecule has 0 N–H and O–H groups in total. The molecule has 0 heterocycles. The average Bonchev–Trinajstić information content (AvgIpc) is 1.37. The molecule has 0 bridgehead atoms. The summed E-state index contributed by atoms with van der Waals surface area (Å²) in [5.41, 5.74) is 0. The quantitative estimate of drug-likeness (QED) is 0.366. The molecule has 0 spiro atoms. The molecule has 0 radical (unpaired) electrons. The molecular weight excluding hydrogens is 61.0 g/mol. The Balaban J connectivity index is 2.43. The second kappa shape index (κ2) is 3.49. The Morgan fingerprint density at radius 1 is 2.00 bits per heavy atom. The third-order valence-electron chi connectivity index (χ3n) is 0.158. The fourth-order valence-corrected chi connectivity index (χ4v) is 0. The molecule has 0 rings (SSSR count). The van der Waals surface area contributed by atoms with Gasteiger partial charge in [0.05, 0.1) is 0 Å². The number of rotatable bonds is 0. The van der Waals surface area contributed by atoms with Gasteiger partial charge < -0.3 is 0 Å². The van der Waals surface area contributed by atoms with Crippen molar-refractivity contribution in [3.8, 4) is 6.07 Å². The van der Waals surface area contributed by atoms with Crippen LogP contribution in [0.15, 0.2) is 0 Å². The Morgan fingerprint density at radius 3 is 2.25 bits per heavy atom. The number of nitrogens with zero attached hydrogens (tertiary/aromatic N) is 1. The summed E-state index contributed by atoms with van der Waals surface area (Å²) in [6, 6.07) is 1.99. The van der Waals surface area contributed by atoms with E-state index < -0.39 is 0 Å². The van der Waals surface area contributed by atoms with E-state index >= 15 is 0 Å². The van der Waals surface area contributed by atoms with Gasteiger partial charge in [0.15, 0.2) is 0 Å². The second-order valence-corrected chi connectivity index (χ2v) is 1.22. The van der Waals surface area contributed by atoms with E-state index in [2.05, 4.69) is 0 Å². The van der Waals surface area contributed by atoms with Crippen LogP contribution in [0, 0.1) is 11.3 Å². The molecule has 0 saturated carbocycles. The molecule has 0 aliphatic heterocycles. The van der Waals surface area contributed by atoms with Gasteiger partial charge in [-0.1, -0.05) is 0 Å². The zero-order chi connectivity index (χ0) is 3.41. The van der Waals surface area contributed by atoms with E-state index in [1.54, 1.807) is 0 Å². The molecule has 0 unspecified atom stereocenters. The maximum absolute atomic E-state index is 7.66. The molecule has 1 nitrogen and oxygen atoms in total. The molecule has 0 aliphatic carbocycles. The van der Waals surface area contributed by atoms with Gasteiger partial charge in [0.25, 0.3) is 0 Å². The van der Waals surface area contributed by atoms with Crippen molar-refractivity contribution in [2.24, 2.45) is 0 Å². The van der Waals surface area contributed by atoms with Crippen LogP contribution in [0.1, 0.15) is 0 Å². The summed E-state index contributed by atoms with van der Waals surface area (Å²) in [5.74, 6) is 0. The predicted molar refractivity (Wildman–Crippen MR) is 16.2 cm³/mol. The third-order valence-corrected chi connectivity index (χ3v) is 0.474. The first-order valence-corrected chi connectivity index (χ1v) is 2.70. The van der Waals surface area contributed by atoms with Crippen LogP contribution in [0.5, 0.6) is 0 Å². The fraction of sp³-hybridized carbons (Fsp3) is 0.500. The molecule has 16 valence electrons. The first-order valence-electron chi connectivity index (χ1n) is 1.28. The summed E-state index contributed by atoms with van der Waals surface area (Å²) in [6.07, 6.45) is 0. The molecule has 2 heteroatoms. The molecule has 4 heavy (non-hydrogen) atoms. The molecule has 0 saturated heterocycles. The van der Waals surface area contributed by atoms with Crippen LogP contribution in [0.2, 0.25) is 3.67 Å². The molecule has 0 fully saturated rings. The standard InChI is InChI=1S/C2H2N.Na/c1-2-3;/h1H2;. The topological polar surface area (TPSA) is 23.8 Å². The first-order chi connectivity index (χ1) is 1.91. The monoisotopic (exact) mass is 63.0 g/mol. The van der Waals surface area contributed by atoms with Crippen LogP contribution in [-0.2, 0) is 0 Å². The first kappa shape index (κ1) is 4.49. The van der Waals surface area contributed by atoms with E-state index in [-0.39, 0.29) is 0 Å². The van der Waals surface area contributed by atoms with Crippen molar-refractivity contribution in [2.75, 3.05) is 0 Å².